The Hall–Kier alpha value is -2.62. The van der Waals surface area contributed by atoms with E-state index in [2.05, 4.69) is 0 Å². The summed E-state index contributed by atoms with van der Waals surface area (Å²) < 4.78 is 44.6. The van der Waals surface area contributed by atoms with Gasteiger partial charge in [0.1, 0.15) is 23.7 Å². The summed E-state index contributed by atoms with van der Waals surface area (Å²) in [4.78, 5) is 15.1. The molecule has 1 aliphatic carbocycles. The highest BCUT2D eigenvalue weighted by Crippen LogP contribution is 2.46. The molecule has 2 aromatic rings. The summed E-state index contributed by atoms with van der Waals surface area (Å²) in [5.41, 5.74) is 2.07. The number of rotatable bonds is 8. The van der Waals surface area contributed by atoms with Gasteiger partial charge in [-0.3, -0.25) is 4.79 Å². The number of piperidine rings is 1. The van der Waals surface area contributed by atoms with Crippen molar-refractivity contribution in [1.82, 2.24) is 9.21 Å². The molecule has 2 heterocycles. The van der Waals surface area contributed by atoms with Crippen molar-refractivity contribution < 1.29 is 27.4 Å². The first kappa shape index (κ1) is 24.1. The Bertz CT molecular complexity index is 1210. The summed E-state index contributed by atoms with van der Waals surface area (Å²) in [6, 6.07) is 12.7. The number of methoxy groups -OCH3 is 2. The fourth-order valence-electron chi connectivity index (χ4n) is 5.26. The Kier molecular flexibility index (Phi) is 6.50. The molecule has 188 valence electrons. The van der Waals surface area contributed by atoms with Crippen molar-refractivity contribution in [2.45, 2.75) is 31.3 Å². The maximum absolute atomic E-state index is 13.3. The highest BCUT2D eigenvalue weighted by Gasteiger charge is 2.48. The zero-order valence-electron chi connectivity index (χ0n) is 20.3. The van der Waals surface area contributed by atoms with E-state index < -0.39 is 10.0 Å². The molecule has 2 aromatic carbocycles. The molecule has 4 atom stereocenters. The number of aryl methyl sites for hydroxylation is 1. The molecule has 0 spiro atoms. The number of hydrogen-bond acceptors (Lipinski definition) is 6. The van der Waals surface area contributed by atoms with Gasteiger partial charge < -0.3 is 19.1 Å². The largest absolute Gasteiger partial charge is 0.496 e. The van der Waals surface area contributed by atoms with Crippen LogP contribution in [-0.2, 0) is 20.5 Å². The van der Waals surface area contributed by atoms with Crippen LogP contribution in [0.15, 0.2) is 42.5 Å². The molecule has 1 amide bonds. The van der Waals surface area contributed by atoms with Crippen LogP contribution in [-0.4, -0.2) is 76.1 Å². The number of carbonyl (C=O) groups excluding carboxylic acids is 1. The van der Waals surface area contributed by atoms with Crippen molar-refractivity contribution in [2.24, 2.45) is 11.8 Å². The zero-order valence-corrected chi connectivity index (χ0v) is 21.2. The van der Waals surface area contributed by atoms with E-state index >= 15 is 0 Å². The minimum absolute atomic E-state index is 0.0420. The number of benzene rings is 2. The first-order valence-electron chi connectivity index (χ1n) is 12.0. The highest BCUT2D eigenvalue weighted by molar-refractivity contribution is 7.88. The molecule has 2 aliphatic heterocycles. The SMILES string of the molecule is COc1cccc(C)c1C(=O)N1C[C@@H](OC)[C@H](Oc2cccc(CS(=O)(=O)N3CC4CC4C3)c2)C1. The van der Waals surface area contributed by atoms with Crippen LogP contribution in [0.3, 0.4) is 0 Å². The molecule has 8 nitrogen and oxygen atoms in total. The minimum atomic E-state index is -3.35. The van der Waals surface area contributed by atoms with Gasteiger partial charge >= 0.3 is 0 Å². The average molecular weight is 501 g/mol. The lowest BCUT2D eigenvalue weighted by molar-refractivity contribution is 0.0339. The lowest BCUT2D eigenvalue weighted by Gasteiger charge is -2.20. The van der Waals surface area contributed by atoms with Crippen LogP contribution >= 0.6 is 0 Å². The number of fused-ring (bicyclic) bond motifs is 1. The van der Waals surface area contributed by atoms with E-state index in [0.29, 0.717) is 60.6 Å². The first-order chi connectivity index (χ1) is 16.8. The van der Waals surface area contributed by atoms with Gasteiger partial charge in [0.15, 0.2) is 0 Å². The quantitative estimate of drug-likeness (QED) is 0.554. The van der Waals surface area contributed by atoms with Crippen LogP contribution in [0.25, 0.3) is 0 Å². The predicted octanol–water partition coefficient (Wildman–Crippen LogP) is 2.70. The monoisotopic (exact) mass is 500 g/mol. The number of likely N-dealkylation sites (tertiary alicyclic amines) is 1. The topological polar surface area (TPSA) is 85.4 Å². The first-order valence-corrected chi connectivity index (χ1v) is 13.6. The summed E-state index contributed by atoms with van der Waals surface area (Å²) in [5.74, 6) is 2.04. The zero-order chi connectivity index (χ0) is 24.7. The van der Waals surface area contributed by atoms with Crippen molar-refractivity contribution in [3.63, 3.8) is 0 Å². The van der Waals surface area contributed by atoms with Crippen LogP contribution in [0.1, 0.15) is 27.9 Å². The third-order valence-corrected chi connectivity index (χ3v) is 9.13. The number of amides is 1. The lowest BCUT2D eigenvalue weighted by atomic mass is 10.1. The molecular weight excluding hydrogens is 468 g/mol. The van der Waals surface area contributed by atoms with Crippen LogP contribution < -0.4 is 9.47 Å². The molecule has 35 heavy (non-hydrogen) atoms. The molecule has 0 N–H and O–H groups in total. The number of nitrogens with zero attached hydrogens (tertiary/aromatic N) is 2. The van der Waals surface area contributed by atoms with Gasteiger partial charge in [0, 0.05) is 20.2 Å². The highest BCUT2D eigenvalue weighted by atomic mass is 32.2. The summed E-state index contributed by atoms with van der Waals surface area (Å²) in [7, 11) is -0.189. The molecular formula is C26H32N2O6S. The standard InChI is InChI=1S/C26H32N2O6S/c1-17-6-4-9-22(32-2)25(17)26(29)27-14-23(33-3)24(15-27)34-21-8-5-7-18(10-21)16-35(30,31)28-12-19-11-20(19)13-28/h4-10,19-20,23-24H,11-16H2,1-3H3/t19?,20?,23-,24-/m1/s1. The van der Waals surface area contributed by atoms with Gasteiger partial charge in [-0.25, -0.2) is 12.7 Å². The third kappa shape index (κ3) is 4.90. The Balaban J connectivity index is 1.27. The second-order valence-electron chi connectivity index (χ2n) is 9.77. The number of ether oxygens (including phenoxy) is 3. The normalized spacial score (nSPS) is 26.0. The molecule has 3 aliphatic rings. The van der Waals surface area contributed by atoms with Crippen molar-refractivity contribution in [1.29, 1.82) is 0 Å². The molecule has 0 aromatic heterocycles. The van der Waals surface area contributed by atoms with Gasteiger partial charge in [-0.2, -0.15) is 0 Å². The van der Waals surface area contributed by atoms with Gasteiger partial charge in [-0.15, -0.1) is 0 Å². The van der Waals surface area contributed by atoms with E-state index in [1.807, 2.05) is 31.2 Å². The molecule has 3 fully saturated rings. The average Bonchev–Trinajstić information content (AvgIpc) is 3.23. The second kappa shape index (κ2) is 9.44. The van der Waals surface area contributed by atoms with Gasteiger partial charge in [-0.1, -0.05) is 24.3 Å². The molecule has 0 radical (unpaired) electrons. The van der Waals surface area contributed by atoms with Crippen LogP contribution in [0.4, 0.5) is 0 Å². The molecule has 0 bridgehead atoms. The Labute approximate surface area is 206 Å². The van der Waals surface area contributed by atoms with Crippen molar-refractivity contribution in [3.8, 4) is 11.5 Å². The molecule has 1 saturated carbocycles. The van der Waals surface area contributed by atoms with E-state index in [4.69, 9.17) is 14.2 Å². The smallest absolute Gasteiger partial charge is 0.258 e. The summed E-state index contributed by atoms with van der Waals surface area (Å²) >= 11 is 0. The maximum Gasteiger partial charge on any atom is 0.258 e. The number of sulfonamides is 1. The number of carbonyl (C=O) groups is 1. The van der Waals surface area contributed by atoms with Crippen molar-refractivity contribution in [2.75, 3.05) is 40.4 Å². The van der Waals surface area contributed by atoms with Gasteiger partial charge in [0.05, 0.1) is 31.5 Å². The third-order valence-electron chi connectivity index (χ3n) is 7.35. The van der Waals surface area contributed by atoms with Crippen LogP contribution in [0.5, 0.6) is 11.5 Å². The molecule has 9 heteroatoms. The van der Waals surface area contributed by atoms with Crippen LogP contribution in [0, 0.1) is 18.8 Å². The summed E-state index contributed by atoms with van der Waals surface area (Å²) in [6.07, 6.45) is 0.474. The maximum atomic E-state index is 13.3. The fraction of sp³-hybridized carbons (Fsp3) is 0.500. The fourth-order valence-corrected chi connectivity index (χ4v) is 6.88. The summed E-state index contributed by atoms with van der Waals surface area (Å²) in [5, 5.41) is 0. The Morgan fingerprint density at radius 1 is 1.00 bits per heavy atom. The molecule has 2 saturated heterocycles. The molecule has 2 unspecified atom stereocenters. The Morgan fingerprint density at radius 3 is 2.43 bits per heavy atom. The van der Waals surface area contributed by atoms with E-state index in [9.17, 15) is 13.2 Å². The predicted molar refractivity (Wildman–Crippen MR) is 131 cm³/mol. The van der Waals surface area contributed by atoms with Gasteiger partial charge in [0.2, 0.25) is 10.0 Å². The van der Waals surface area contributed by atoms with Crippen LogP contribution in [0.2, 0.25) is 0 Å². The minimum Gasteiger partial charge on any atom is -0.496 e. The van der Waals surface area contributed by atoms with Gasteiger partial charge in [-0.05, 0) is 54.5 Å². The summed E-state index contributed by atoms with van der Waals surface area (Å²) in [6.45, 7) is 3.93. The Morgan fingerprint density at radius 2 is 1.71 bits per heavy atom. The van der Waals surface area contributed by atoms with E-state index in [1.165, 1.54) is 0 Å². The lowest BCUT2D eigenvalue weighted by Crippen LogP contribution is -2.32. The van der Waals surface area contributed by atoms with E-state index in [0.717, 1.165) is 12.0 Å². The number of hydrogen-bond donors (Lipinski definition) is 0. The molecule has 5 rings (SSSR count). The van der Waals surface area contributed by atoms with Crippen molar-refractivity contribution >= 4 is 15.9 Å². The second-order valence-corrected chi connectivity index (χ2v) is 11.7. The van der Waals surface area contributed by atoms with E-state index in [1.54, 1.807) is 41.6 Å². The van der Waals surface area contributed by atoms with Gasteiger partial charge in [0.25, 0.3) is 5.91 Å². The van der Waals surface area contributed by atoms with E-state index in [-0.39, 0.29) is 23.9 Å². The van der Waals surface area contributed by atoms with Crippen molar-refractivity contribution in [3.05, 3.63) is 59.2 Å².